The zero-order valence-electron chi connectivity index (χ0n) is 43.4. The first-order valence-electron chi connectivity index (χ1n) is 26.1. The van der Waals surface area contributed by atoms with E-state index in [4.69, 9.17) is 6.57 Å². The quantitative estimate of drug-likeness (QED) is 0.140. The molecule has 2 aromatic heterocycles. The first-order valence-corrected chi connectivity index (χ1v) is 26.1. The summed E-state index contributed by atoms with van der Waals surface area (Å²) in [7, 11) is 0. The summed E-state index contributed by atoms with van der Waals surface area (Å²) in [6.07, 6.45) is 0. The van der Waals surface area contributed by atoms with Crippen LogP contribution >= 0.6 is 0 Å². The maximum Gasteiger partial charge on any atom is 0.187 e. The molecular weight excluding hydrogens is 989 g/mol. The van der Waals surface area contributed by atoms with Crippen LogP contribution in [0, 0.1) is 70.2 Å². The molecule has 0 bridgehead atoms. The lowest BCUT2D eigenvalue weighted by atomic mass is 9.89. The van der Waals surface area contributed by atoms with E-state index in [1.54, 1.807) is 0 Å². The molecule has 81 heavy (non-hydrogen) atoms. The van der Waals surface area contributed by atoms with Crippen molar-refractivity contribution in [1.29, 1.82) is 26.3 Å². The van der Waals surface area contributed by atoms with E-state index < -0.39 is 0 Å². The van der Waals surface area contributed by atoms with Gasteiger partial charge in [-0.3, -0.25) is 0 Å². The fourth-order valence-corrected chi connectivity index (χ4v) is 11.4. The van der Waals surface area contributed by atoms with E-state index in [2.05, 4.69) is 135 Å². The Morgan fingerprint density at radius 1 is 0.309 bits per heavy atom. The smallest absolute Gasteiger partial charge is 0.187 e. The van der Waals surface area contributed by atoms with Gasteiger partial charge in [-0.2, -0.15) is 26.3 Å². The van der Waals surface area contributed by atoms with Crippen LogP contribution in [0.5, 0.6) is 0 Å². The Morgan fingerprint density at radius 3 is 1.07 bits per heavy atom. The number of aromatic nitrogens is 2. The monoisotopic (exact) mass is 1030 g/mol. The molecule has 8 heteroatoms. The standard InChI is InChI=1S/C73H40N8/c1-45-33-49(43-77)9-26-61(45)62-27-25-60(80-69-29-19-55(51-11-3-46(40-74)4-12-51)35-65(69)66-36-58(20-30-70(66)80)54-17-23-59(79-2)24-18-54)39-63(62)64-34-50(44-78)10-28-71(64)81-72-31-21-56(52-13-5-47(41-75)6-14-52)37-67(72)68-38-57(22-32-73(68)81)53-15-7-48(42-76)8-16-53/h3-39H,1H3. The lowest BCUT2D eigenvalue weighted by Gasteiger charge is -2.20. The third kappa shape index (κ3) is 8.46. The average Bonchev–Trinajstić information content (AvgIpc) is 4.20. The van der Waals surface area contributed by atoms with Gasteiger partial charge < -0.3 is 9.13 Å². The minimum Gasteiger partial charge on any atom is -0.309 e. The molecule has 0 fully saturated rings. The summed E-state index contributed by atoms with van der Waals surface area (Å²) in [5.74, 6) is 0. The van der Waals surface area contributed by atoms with Crippen LogP contribution in [0.2, 0.25) is 0 Å². The Labute approximate surface area is 467 Å². The maximum absolute atomic E-state index is 10.8. The largest absolute Gasteiger partial charge is 0.309 e. The number of hydrogen-bond donors (Lipinski definition) is 0. The van der Waals surface area contributed by atoms with Gasteiger partial charge in [-0.15, -0.1) is 0 Å². The molecule has 0 saturated heterocycles. The molecule has 0 aliphatic carbocycles. The van der Waals surface area contributed by atoms with Crippen molar-refractivity contribution in [2.75, 3.05) is 0 Å². The number of nitrogens with zero attached hydrogens (tertiary/aromatic N) is 8. The van der Waals surface area contributed by atoms with E-state index in [0.29, 0.717) is 33.5 Å². The van der Waals surface area contributed by atoms with Crippen LogP contribution < -0.4 is 0 Å². The Morgan fingerprint density at radius 2 is 0.667 bits per heavy atom. The molecule has 13 rings (SSSR count). The number of rotatable bonds is 8. The first kappa shape index (κ1) is 48.6. The molecule has 372 valence electrons. The summed E-state index contributed by atoms with van der Waals surface area (Å²) < 4.78 is 4.58. The fraction of sp³-hybridized carbons (Fsp3) is 0.0137. The Kier molecular flexibility index (Phi) is 11.9. The van der Waals surface area contributed by atoms with Crippen LogP contribution in [0.3, 0.4) is 0 Å². The van der Waals surface area contributed by atoms with Gasteiger partial charge in [0.25, 0.3) is 0 Å². The SMILES string of the molecule is [C-]#[N+]c1ccc(-c2ccc3c(c2)c2cc(-c4ccc(C#N)cc4)ccc2n3-c2ccc(-c3ccc(C#N)cc3C)c(-c3cc(C#N)ccc3-n3c4ccc(-c5ccc(C#N)cc5)cc4c4cc(-c5ccc(C#N)cc5)ccc43)c2)cc1. The zero-order chi connectivity index (χ0) is 55.3. The predicted octanol–water partition coefficient (Wildman–Crippen LogP) is 18.1. The molecule has 0 unspecified atom stereocenters. The Hall–Kier alpha value is -12.0. The predicted molar refractivity (Wildman–Crippen MR) is 322 cm³/mol. The lowest BCUT2D eigenvalue weighted by Crippen LogP contribution is -2.01. The summed E-state index contributed by atoms with van der Waals surface area (Å²) in [6.45, 7) is 9.58. The number of aryl methyl sites for hydroxylation is 1. The summed E-state index contributed by atoms with van der Waals surface area (Å²) in [4.78, 5) is 3.63. The Balaban J connectivity index is 1.08. The number of benzene rings is 11. The topological polar surface area (TPSA) is 133 Å². The maximum atomic E-state index is 10.8. The van der Waals surface area contributed by atoms with E-state index in [9.17, 15) is 26.3 Å². The van der Waals surface area contributed by atoms with E-state index in [0.717, 1.165) is 127 Å². The van der Waals surface area contributed by atoms with Gasteiger partial charge in [-0.1, -0.05) is 97.1 Å². The van der Waals surface area contributed by atoms with Crippen molar-refractivity contribution in [1.82, 2.24) is 9.13 Å². The fourth-order valence-electron chi connectivity index (χ4n) is 11.4. The summed E-state index contributed by atoms with van der Waals surface area (Å²) in [5.41, 5.74) is 21.3. The molecule has 11 aromatic carbocycles. The normalized spacial score (nSPS) is 11.0. The summed E-state index contributed by atoms with van der Waals surface area (Å²) in [5, 5.41) is 53.7. The molecule has 0 N–H and O–H groups in total. The third-order valence-corrected chi connectivity index (χ3v) is 15.5. The minimum atomic E-state index is 0.484. The van der Waals surface area contributed by atoms with Gasteiger partial charge in [0.2, 0.25) is 0 Å². The Bertz CT molecular complexity index is 4800. The molecular formula is C73H40N8. The van der Waals surface area contributed by atoms with E-state index in [1.807, 2.05) is 140 Å². The van der Waals surface area contributed by atoms with Gasteiger partial charge in [0.1, 0.15) is 0 Å². The number of fused-ring (bicyclic) bond motifs is 6. The van der Waals surface area contributed by atoms with E-state index in [-0.39, 0.29) is 0 Å². The van der Waals surface area contributed by atoms with Crippen LogP contribution in [0.1, 0.15) is 33.4 Å². The second-order valence-corrected chi connectivity index (χ2v) is 20.0. The number of nitriles is 5. The van der Waals surface area contributed by atoms with Crippen molar-refractivity contribution >= 4 is 49.3 Å². The van der Waals surface area contributed by atoms with Gasteiger partial charge in [-0.25, -0.2) is 4.85 Å². The molecule has 0 aliphatic rings. The highest BCUT2D eigenvalue weighted by Crippen LogP contribution is 2.45. The second kappa shape index (κ2) is 19.8. The van der Waals surface area contributed by atoms with Crippen molar-refractivity contribution in [2.45, 2.75) is 6.92 Å². The van der Waals surface area contributed by atoms with Gasteiger partial charge in [-0.05, 0) is 201 Å². The highest BCUT2D eigenvalue weighted by molar-refractivity contribution is 6.14. The van der Waals surface area contributed by atoms with Gasteiger partial charge >= 0.3 is 0 Å². The molecule has 0 amide bonds. The van der Waals surface area contributed by atoms with Crippen molar-refractivity contribution < 1.29 is 0 Å². The van der Waals surface area contributed by atoms with Crippen LogP contribution in [-0.4, -0.2) is 9.13 Å². The van der Waals surface area contributed by atoms with Crippen LogP contribution in [0.25, 0.3) is 127 Å². The molecule has 2 heterocycles. The van der Waals surface area contributed by atoms with Crippen molar-refractivity contribution in [3.8, 4) is 108 Å². The van der Waals surface area contributed by atoms with Crippen molar-refractivity contribution in [3.05, 3.63) is 269 Å². The number of hydrogen-bond acceptors (Lipinski definition) is 5. The zero-order valence-corrected chi connectivity index (χ0v) is 43.4. The van der Waals surface area contributed by atoms with Crippen LogP contribution in [0.4, 0.5) is 5.69 Å². The molecule has 13 aromatic rings. The minimum absolute atomic E-state index is 0.484. The molecule has 8 nitrogen and oxygen atoms in total. The van der Waals surface area contributed by atoms with Crippen LogP contribution in [0.15, 0.2) is 224 Å². The third-order valence-electron chi connectivity index (χ3n) is 15.5. The molecule has 0 atom stereocenters. The highest BCUT2D eigenvalue weighted by Gasteiger charge is 2.23. The van der Waals surface area contributed by atoms with Crippen molar-refractivity contribution in [3.63, 3.8) is 0 Å². The summed E-state index contributed by atoms with van der Waals surface area (Å²) >= 11 is 0. The second-order valence-electron chi connectivity index (χ2n) is 20.0. The van der Waals surface area contributed by atoms with Gasteiger partial charge in [0.05, 0.1) is 92.5 Å². The molecule has 0 saturated carbocycles. The van der Waals surface area contributed by atoms with Gasteiger partial charge in [0.15, 0.2) is 5.69 Å². The average molecular weight is 1030 g/mol. The van der Waals surface area contributed by atoms with E-state index >= 15 is 0 Å². The molecule has 0 radical (unpaired) electrons. The highest BCUT2D eigenvalue weighted by atomic mass is 15.0. The lowest BCUT2D eigenvalue weighted by molar-refractivity contribution is 1.17. The summed E-state index contributed by atoms with van der Waals surface area (Å²) in [6, 6.07) is 86.1. The van der Waals surface area contributed by atoms with Crippen LogP contribution in [-0.2, 0) is 0 Å². The van der Waals surface area contributed by atoms with Crippen molar-refractivity contribution in [2.24, 2.45) is 0 Å². The molecule has 0 aliphatic heterocycles. The van der Waals surface area contributed by atoms with E-state index in [1.165, 1.54) is 0 Å². The molecule has 0 spiro atoms. The first-order chi connectivity index (χ1) is 39.7. The van der Waals surface area contributed by atoms with Gasteiger partial charge in [0, 0.05) is 32.8 Å².